The van der Waals surface area contributed by atoms with E-state index < -0.39 is 5.97 Å². The summed E-state index contributed by atoms with van der Waals surface area (Å²) in [5.74, 6) is -0.240. The van der Waals surface area contributed by atoms with Crippen LogP contribution in [0.2, 0.25) is 5.02 Å². The van der Waals surface area contributed by atoms with Crippen LogP contribution in [0, 0.1) is 0 Å². The number of carboxylic acids is 1. The van der Waals surface area contributed by atoms with Gasteiger partial charge in [0.25, 0.3) is 0 Å². The first-order valence-electron chi connectivity index (χ1n) is 9.51. The number of aromatic nitrogens is 1. The molecule has 2 aromatic carbocycles. The second kappa shape index (κ2) is 8.50. The summed E-state index contributed by atoms with van der Waals surface area (Å²) in [5, 5.41) is 9.93. The van der Waals surface area contributed by atoms with Crippen molar-refractivity contribution in [3.05, 3.63) is 94.3 Å². The van der Waals surface area contributed by atoms with Gasteiger partial charge in [0.2, 0.25) is 0 Å². The first-order chi connectivity index (χ1) is 14.1. The smallest absolute Gasteiger partial charge is 0.354 e. The number of carbonyl (C=O) groups is 1. The van der Waals surface area contributed by atoms with Crippen molar-refractivity contribution >= 4 is 28.7 Å². The predicted molar refractivity (Wildman–Crippen MR) is 114 cm³/mol. The zero-order valence-corrected chi connectivity index (χ0v) is 16.5. The lowest BCUT2D eigenvalue weighted by atomic mass is 9.99. The number of hydrogen-bond acceptors (Lipinski definition) is 3. The summed E-state index contributed by atoms with van der Waals surface area (Å²) < 4.78 is 5.96. The molecule has 5 heteroatoms. The van der Waals surface area contributed by atoms with E-state index in [1.165, 1.54) is 11.6 Å². The van der Waals surface area contributed by atoms with Crippen molar-refractivity contribution in [2.45, 2.75) is 25.9 Å². The van der Waals surface area contributed by atoms with E-state index in [1.54, 1.807) is 6.07 Å². The molecule has 1 N–H and O–H groups in total. The number of benzene rings is 2. The summed E-state index contributed by atoms with van der Waals surface area (Å²) in [6, 6.07) is 20.8. The molecule has 1 heterocycles. The minimum atomic E-state index is -1.01. The van der Waals surface area contributed by atoms with Crippen LogP contribution in [0.3, 0.4) is 0 Å². The first kappa shape index (κ1) is 19.2. The van der Waals surface area contributed by atoms with Gasteiger partial charge in [0.05, 0.1) is 5.69 Å². The molecule has 4 rings (SSSR count). The van der Waals surface area contributed by atoms with Gasteiger partial charge in [-0.05, 0) is 66.3 Å². The minimum Gasteiger partial charge on any atom is -0.489 e. The second-order valence-corrected chi connectivity index (χ2v) is 7.34. The molecule has 0 atom stereocenters. The van der Waals surface area contributed by atoms with Gasteiger partial charge < -0.3 is 9.84 Å². The highest BCUT2D eigenvalue weighted by molar-refractivity contribution is 6.31. The van der Waals surface area contributed by atoms with Crippen molar-refractivity contribution in [2.24, 2.45) is 0 Å². The van der Waals surface area contributed by atoms with Crippen LogP contribution in [0.4, 0.5) is 0 Å². The lowest BCUT2D eigenvalue weighted by Gasteiger charge is -2.12. The van der Waals surface area contributed by atoms with Gasteiger partial charge >= 0.3 is 5.97 Å². The van der Waals surface area contributed by atoms with Crippen molar-refractivity contribution in [1.82, 2.24) is 4.98 Å². The molecule has 0 fully saturated rings. The van der Waals surface area contributed by atoms with Gasteiger partial charge in [-0.3, -0.25) is 0 Å². The summed E-state index contributed by atoms with van der Waals surface area (Å²) in [4.78, 5) is 15.6. The number of allylic oxidation sites excluding steroid dienone is 2. The molecule has 1 aliphatic carbocycles. The maximum Gasteiger partial charge on any atom is 0.354 e. The highest BCUT2D eigenvalue weighted by atomic mass is 35.5. The Bertz CT molecular complexity index is 1090. The predicted octanol–water partition coefficient (Wildman–Crippen LogP) is 6.11. The fraction of sp³-hybridized carbons (Fsp3) is 0.167. The maximum atomic E-state index is 11.3. The van der Waals surface area contributed by atoms with Crippen molar-refractivity contribution < 1.29 is 14.6 Å². The Hall–Kier alpha value is -3.11. The van der Waals surface area contributed by atoms with E-state index in [4.69, 9.17) is 16.3 Å². The monoisotopic (exact) mass is 405 g/mol. The van der Waals surface area contributed by atoms with Crippen molar-refractivity contribution in [1.29, 1.82) is 0 Å². The lowest BCUT2D eigenvalue weighted by Crippen LogP contribution is -2.02. The quantitative estimate of drug-likeness (QED) is 0.537. The van der Waals surface area contributed by atoms with Crippen LogP contribution in [0.5, 0.6) is 5.75 Å². The van der Waals surface area contributed by atoms with Crippen LogP contribution in [-0.2, 0) is 6.61 Å². The molecule has 0 aliphatic heterocycles. The number of aromatic carboxylic acids is 1. The average molecular weight is 406 g/mol. The lowest BCUT2D eigenvalue weighted by molar-refractivity contribution is 0.0690. The summed E-state index contributed by atoms with van der Waals surface area (Å²) in [6.07, 6.45) is 2.84. The third-order valence-corrected chi connectivity index (χ3v) is 5.40. The Morgan fingerprint density at radius 2 is 1.79 bits per heavy atom. The zero-order valence-electron chi connectivity index (χ0n) is 15.8. The van der Waals surface area contributed by atoms with Gasteiger partial charge in [-0.2, -0.15) is 0 Å². The molecule has 146 valence electrons. The molecule has 0 unspecified atom stereocenters. The number of hydrogen-bond donors (Lipinski definition) is 1. The summed E-state index contributed by atoms with van der Waals surface area (Å²) in [7, 11) is 0. The Labute approximate surface area is 174 Å². The maximum absolute atomic E-state index is 11.3. The number of pyridine rings is 1. The Kier molecular flexibility index (Phi) is 5.63. The molecule has 29 heavy (non-hydrogen) atoms. The fourth-order valence-electron chi connectivity index (χ4n) is 3.62. The molecule has 0 radical (unpaired) electrons. The fourth-order valence-corrected chi connectivity index (χ4v) is 3.81. The van der Waals surface area contributed by atoms with E-state index >= 15 is 0 Å². The summed E-state index contributed by atoms with van der Waals surface area (Å²) >= 11 is 6.21. The van der Waals surface area contributed by atoms with Crippen molar-refractivity contribution in [3.63, 3.8) is 0 Å². The SMILES string of the molecule is O=C(O)c1cccc(C2=C(c3cccc(OCc4ccccc4Cl)c3)CCC2)n1. The van der Waals surface area contributed by atoms with Crippen LogP contribution in [0.25, 0.3) is 11.1 Å². The molecule has 0 spiro atoms. The second-order valence-electron chi connectivity index (χ2n) is 6.93. The van der Waals surface area contributed by atoms with Gasteiger partial charge in [0.1, 0.15) is 18.1 Å². The molecule has 0 saturated carbocycles. The zero-order chi connectivity index (χ0) is 20.2. The third-order valence-electron chi connectivity index (χ3n) is 5.03. The summed E-state index contributed by atoms with van der Waals surface area (Å²) in [6.45, 7) is 0.400. The largest absolute Gasteiger partial charge is 0.489 e. The Balaban J connectivity index is 1.61. The summed E-state index contributed by atoms with van der Waals surface area (Å²) in [5.41, 5.74) is 5.13. The van der Waals surface area contributed by atoms with Gasteiger partial charge in [-0.15, -0.1) is 0 Å². The van der Waals surface area contributed by atoms with Crippen LogP contribution in [-0.4, -0.2) is 16.1 Å². The number of carboxylic acid groups (broad SMARTS) is 1. The van der Waals surface area contributed by atoms with E-state index in [1.807, 2.05) is 48.5 Å². The van der Waals surface area contributed by atoms with Gasteiger partial charge in [0.15, 0.2) is 0 Å². The van der Waals surface area contributed by atoms with Crippen molar-refractivity contribution in [3.8, 4) is 5.75 Å². The molecule has 3 aromatic rings. The number of ether oxygens (including phenoxy) is 1. The Morgan fingerprint density at radius 3 is 2.62 bits per heavy atom. The van der Waals surface area contributed by atoms with E-state index in [-0.39, 0.29) is 5.69 Å². The van der Waals surface area contributed by atoms with Crippen molar-refractivity contribution in [2.75, 3.05) is 0 Å². The molecule has 0 amide bonds. The highest BCUT2D eigenvalue weighted by Gasteiger charge is 2.20. The Morgan fingerprint density at radius 1 is 1.00 bits per heavy atom. The normalized spacial score (nSPS) is 13.6. The van der Waals surface area contributed by atoms with E-state index in [2.05, 4.69) is 11.1 Å². The molecule has 1 aliphatic rings. The van der Waals surface area contributed by atoms with E-state index in [0.29, 0.717) is 11.6 Å². The van der Waals surface area contributed by atoms with Crippen LogP contribution in [0.1, 0.15) is 46.6 Å². The van der Waals surface area contributed by atoms with Crippen LogP contribution in [0.15, 0.2) is 66.7 Å². The molecule has 0 saturated heterocycles. The standard InChI is InChI=1S/C24H20ClNO3/c25-21-11-2-1-6-17(21)15-29-18-8-3-7-16(14-18)19-9-4-10-20(19)22-12-5-13-23(26-22)24(27)28/h1-3,5-8,11-14H,4,9-10,15H2,(H,27,28). The van der Waals surface area contributed by atoms with E-state index in [0.717, 1.165) is 47.4 Å². The molecular weight excluding hydrogens is 386 g/mol. The average Bonchev–Trinajstić information content (AvgIpc) is 3.23. The first-order valence-corrected chi connectivity index (χ1v) is 9.89. The number of halogens is 1. The molecule has 4 nitrogen and oxygen atoms in total. The third kappa shape index (κ3) is 4.33. The van der Waals surface area contributed by atoms with Gasteiger partial charge in [-0.1, -0.05) is 48.0 Å². The highest BCUT2D eigenvalue weighted by Crippen LogP contribution is 2.40. The molecular formula is C24H20ClNO3. The van der Waals surface area contributed by atoms with E-state index in [9.17, 15) is 9.90 Å². The number of rotatable bonds is 6. The van der Waals surface area contributed by atoms with Gasteiger partial charge in [-0.25, -0.2) is 9.78 Å². The van der Waals surface area contributed by atoms with Crippen LogP contribution >= 0.6 is 11.6 Å². The molecule has 0 bridgehead atoms. The number of nitrogens with zero attached hydrogens (tertiary/aromatic N) is 1. The molecule has 1 aromatic heterocycles. The van der Waals surface area contributed by atoms with Crippen LogP contribution < -0.4 is 4.74 Å². The van der Waals surface area contributed by atoms with Gasteiger partial charge in [0, 0.05) is 10.6 Å². The topological polar surface area (TPSA) is 59.4 Å². The minimum absolute atomic E-state index is 0.0677.